The molecule has 0 unspecified atom stereocenters. The molecule has 1 amide bonds. The lowest BCUT2D eigenvalue weighted by atomic mass is 9.48. The Morgan fingerprint density at radius 3 is 2.71 bits per heavy atom. The van der Waals surface area contributed by atoms with Gasteiger partial charge in [-0.3, -0.25) is 14.5 Å². The van der Waals surface area contributed by atoms with E-state index in [2.05, 4.69) is 25.3 Å². The maximum absolute atomic E-state index is 13.9. The second kappa shape index (κ2) is 10.4. The summed E-state index contributed by atoms with van der Waals surface area (Å²) in [6, 6.07) is 13.2. The van der Waals surface area contributed by atoms with Gasteiger partial charge in [-0.25, -0.2) is 0 Å². The van der Waals surface area contributed by atoms with Crippen LogP contribution in [0, 0.1) is 5.92 Å². The topological polar surface area (TPSA) is 79.3 Å². The summed E-state index contributed by atoms with van der Waals surface area (Å²) in [4.78, 5) is 31.1. The Bertz CT molecular complexity index is 1390. The number of rotatable bonds is 8. The van der Waals surface area contributed by atoms with Crippen molar-refractivity contribution in [3.63, 3.8) is 0 Å². The predicted molar refractivity (Wildman–Crippen MR) is 158 cm³/mol. The quantitative estimate of drug-likeness (QED) is 0.284. The minimum Gasteiger partial charge on any atom is -0.504 e. The molecule has 0 aromatic heterocycles. The summed E-state index contributed by atoms with van der Waals surface area (Å²) in [6.45, 7) is 11.8. The Labute approximate surface area is 242 Å². The van der Waals surface area contributed by atoms with Crippen molar-refractivity contribution in [2.75, 3.05) is 19.6 Å². The molecule has 4 aliphatic rings. The van der Waals surface area contributed by atoms with Crippen LogP contribution in [-0.4, -0.2) is 70.2 Å². The van der Waals surface area contributed by atoms with Crippen molar-refractivity contribution < 1.29 is 24.2 Å². The van der Waals surface area contributed by atoms with Crippen molar-refractivity contribution >= 4 is 18.0 Å². The molecule has 1 saturated heterocycles. The highest BCUT2D eigenvalue weighted by molar-refractivity contribution is 5.92. The van der Waals surface area contributed by atoms with E-state index in [9.17, 15) is 14.7 Å². The zero-order valence-corrected chi connectivity index (χ0v) is 24.2. The molecule has 7 nitrogen and oxygen atoms in total. The van der Waals surface area contributed by atoms with Crippen LogP contribution in [0.4, 0.5) is 0 Å². The van der Waals surface area contributed by atoms with E-state index >= 15 is 0 Å². The number of hydrogen-bond donors (Lipinski definition) is 1. The monoisotopic (exact) mass is 556 g/mol. The molecule has 1 saturated carbocycles. The number of aromatic hydroxyl groups is 1. The fourth-order valence-electron chi connectivity index (χ4n) is 8.35. The molecule has 2 fully saturated rings. The third-order valence-corrected chi connectivity index (χ3v) is 9.65. The number of hydrogen-bond acceptors (Lipinski definition) is 6. The van der Waals surface area contributed by atoms with Crippen LogP contribution in [0.25, 0.3) is 6.08 Å². The molecule has 2 bridgehead atoms. The Hall–Kier alpha value is -3.58. The fourth-order valence-corrected chi connectivity index (χ4v) is 8.35. The Morgan fingerprint density at radius 2 is 2.00 bits per heavy atom. The third-order valence-electron chi connectivity index (χ3n) is 9.65. The molecule has 1 N–H and O–H groups in total. The number of amides is 1. The van der Waals surface area contributed by atoms with Crippen LogP contribution < -0.4 is 4.74 Å². The summed E-state index contributed by atoms with van der Waals surface area (Å²) < 4.78 is 13.3. The highest BCUT2D eigenvalue weighted by atomic mass is 16.6. The molecule has 216 valence electrons. The van der Waals surface area contributed by atoms with Gasteiger partial charge in [0.05, 0.1) is 17.5 Å². The molecular formula is C34H40N2O5. The van der Waals surface area contributed by atoms with Gasteiger partial charge in [-0.1, -0.05) is 56.3 Å². The third kappa shape index (κ3) is 4.19. The summed E-state index contributed by atoms with van der Waals surface area (Å²) in [5.41, 5.74) is 1.54. The van der Waals surface area contributed by atoms with E-state index in [1.165, 1.54) is 6.92 Å². The summed E-state index contributed by atoms with van der Waals surface area (Å²) in [6.07, 6.45) is 7.59. The molecule has 2 aromatic carbocycles. The molecule has 2 aliphatic carbocycles. The Balaban J connectivity index is 1.48. The lowest BCUT2D eigenvalue weighted by molar-refractivity contribution is -0.223. The second-order valence-electron chi connectivity index (χ2n) is 12.4. The zero-order valence-electron chi connectivity index (χ0n) is 24.2. The fraction of sp³-hybridized carbons (Fsp3) is 0.471. The maximum Gasteiger partial charge on any atom is 0.303 e. The number of ether oxygens (including phenoxy) is 2. The van der Waals surface area contributed by atoms with Gasteiger partial charge in [-0.2, -0.15) is 0 Å². The van der Waals surface area contributed by atoms with E-state index in [4.69, 9.17) is 9.47 Å². The smallest absolute Gasteiger partial charge is 0.303 e. The van der Waals surface area contributed by atoms with Crippen molar-refractivity contribution in [1.82, 2.24) is 9.80 Å². The Morgan fingerprint density at radius 1 is 1.22 bits per heavy atom. The first-order valence-electron chi connectivity index (χ1n) is 14.8. The highest BCUT2D eigenvalue weighted by Gasteiger charge is 2.75. The summed E-state index contributed by atoms with van der Waals surface area (Å²) in [7, 11) is 0. The van der Waals surface area contributed by atoms with E-state index in [-0.39, 0.29) is 35.6 Å². The van der Waals surface area contributed by atoms with Crippen LogP contribution in [0.2, 0.25) is 0 Å². The van der Waals surface area contributed by atoms with Crippen molar-refractivity contribution in [3.8, 4) is 11.5 Å². The number of carbonyl (C=O) groups is 2. The largest absolute Gasteiger partial charge is 0.504 e. The molecule has 5 atom stereocenters. The molecule has 41 heavy (non-hydrogen) atoms. The number of esters is 1. The normalized spacial score (nSPS) is 29.6. The molecule has 7 heteroatoms. The van der Waals surface area contributed by atoms with Crippen LogP contribution in [0.1, 0.15) is 56.7 Å². The van der Waals surface area contributed by atoms with Gasteiger partial charge in [-0.15, -0.1) is 6.58 Å². The minimum atomic E-state index is -0.834. The van der Waals surface area contributed by atoms with E-state index in [0.29, 0.717) is 44.5 Å². The van der Waals surface area contributed by atoms with E-state index in [1.807, 2.05) is 53.5 Å². The standard InChI is InChI=1S/C34H40N2O5/c1-5-18-35-19-17-33-30-25-12-13-27(38)31(30)40-32(33)26(15-16-34(33,28(35)20-25)41-23(4)37)36(21-22(2)3)29(39)14-11-24-9-7-6-8-10-24/h5-14,22,26,28,32,38H,1,15-21H2,2-4H3/t26-,28-,32+,33+,34-/m1/s1. The first-order chi connectivity index (χ1) is 19.7. The van der Waals surface area contributed by atoms with Gasteiger partial charge >= 0.3 is 5.97 Å². The summed E-state index contributed by atoms with van der Waals surface area (Å²) in [5.74, 6) is 0.446. The molecule has 2 aliphatic heterocycles. The first-order valence-corrected chi connectivity index (χ1v) is 14.8. The van der Waals surface area contributed by atoms with E-state index in [0.717, 1.165) is 23.2 Å². The van der Waals surface area contributed by atoms with Crippen LogP contribution >= 0.6 is 0 Å². The van der Waals surface area contributed by atoms with Crippen molar-refractivity contribution in [2.24, 2.45) is 5.92 Å². The van der Waals surface area contributed by atoms with Gasteiger partial charge in [-0.05, 0) is 54.9 Å². The van der Waals surface area contributed by atoms with Crippen LogP contribution in [0.5, 0.6) is 11.5 Å². The van der Waals surface area contributed by atoms with Gasteiger partial charge in [0.2, 0.25) is 5.91 Å². The lowest BCUT2D eigenvalue weighted by Gasteiger charge is -2.65. The van der Waals surface area contributed by atoms with Gasteiger partial charge < -0.3 is 19.5 Å². The Kier molecular flexibility index (Phi) is 6.97. The second-order valence-corrected chi connectivity index (χ2v) is 12.4. The molecule has 6 rings (SSSR count). The van der Waals surface area contributed by atoms with Crippen molar-refractivity contribution in [1.29, 1.82) is 0 Å². The first kappa shape index (κ1) is 27.6. The van der Waals surface area contributed by atoms with E-state index < -0.39 is 17.1 Å². The van der Waals surface area contributed by atoms with Gasteiger partial charge in [0, 0.05) is 38.2 Å². The van der Waals surface area contributed by atoms with Crippen molar-refractivity contribution in [3.05, 3.63) is 77.9 Å². The number of likely N-dealkylation sites (tertiary alicyclic amines) is 1. The summed E-state index contributed by atoms with van der Waals surface area (Å²) in [5, 5.41) is 11.1. The SMILES string of the molecule is C=CCN1CC[C@]23c4c5ccc(O)c4O[C@H]2[C@H](N(CC(C)C)C(=O)C=Cc2ccccc2)CC[C@@]3(OC(C)=O)[C@H]1C5. The number of phenols is 1. The minimum absolute atomic E-state index is 0.0552. The average Bonchev–Trinajstić information content (AvgIpc) is 3.29. The number of piperidine rings is 1. The van der Waals surface area contributed by atoms with Crippen LogP contribution in [0.3, 0.4) is 0 Å². The zero-order chi connectivity index (χ0) is 28.9. The number of carbonyl (C=O) groups excluding carboxylic acids is 2. The predicted octanol–water partition coefficient (Wildman–Crippen LogP) is 4.87. The lowest BCUT2D eigenvalue weighted by Crippen LogP contribution is -2.79. The van der Waals surface area contributed by atoms with Gasteiger partial charge in [0.15, 0.2) is 11.5 Å². The molecule has 0 radical (unpaired) electrons. The number of phenolic OH excluding ortho intramolecular Hbond substituents is 1. The number of benzene rings is 2. The van der Waals surface area contributed by atoms with Gasteiger partial charge in [0.1, 0.15) is 11.7 Å². The summed E-state index contributed by atoms with van der Waals surface area (Å²) >= 11 is 0. The van der Waals surface area contributed by atoms with E-state index in [1.54, 1.807) is 12.1 Å². The molecule has 2 aromatic rings. The average molecular weight is 557 g/mol. The molecule has 2 heterocycles. The molecular weight excluding hydrogens is 516 g/mol. The molecule has 1 spiro atoms. The number of nitrogens with zero attached hydrogens (tertiary/aromatic N) is 2. The van der Waals surface area contributed by atoms with Crippen LogP contribution in [0.15, 0.2) is 61.2 Å². The highest BCUT2D eigenvalue weighted by Crippen LogP contribution is 2.67. The van der Waals surface area contributed by atoms with Crippen LogP contribution in [-0.2, 0) is 26.2 Å². The van der Waals surface area contributed by atoms with Gasteiger partial charge in [0.25, 0.3) is 0 Å². The maximum atomic E-state index is 13.9. The van der Waals surface area contributed by atoms with Crippen molar-refractivity contribution in [2.45, 2.75) is 75.7 Å².